The Labute approximate surface area is 153 Å². The third-order valence-corrected chi connectivity index (χ3v) is 4.54. The van der Waals surface area contributed by atoms with Gasteiger partial charge in [-0.3, -0.25) is 0 Å². The van der Waals surface area contributed by atoms with Gasteiger partial charge in [-0.25, -0.2) is 4.99 Å². The monoisotopic (exact) mass is 397 g/mol. The summed E-state index contributed by atoms with van der Waals surface area (Å²) < 4.78 is 0.935. The number of hydrogen-bond acceptors (Lipinski definition) is 4. The summed E-state index contributed by atoms with van der Waals surface area (Å²) in [5.74, 6) is 0.0721. The molecular weight excluding hydrogens is 382 g/mol. The molecule has 3 aromatic rings. The number of benzene rings is 2. The molecule has 25 heavy (non-hydrogen) atoms. The van der Waals surface area contributed by atoms with Gasteiger partial charge in [0.1, 0.15) is 18.0 Å². The molecule has 0 saturated carbocycles. The van der Waals surface area contributed by atoms with Crippen molar-refractivity contribution in [3.63, 3.8) is 0 Å². The van der Waals surface area contributed by atoms with Crippen LogP contribution in [0.15, 0.2) is 57.1 Å². The first-order valence-electron chi connectivity index (χ1n) is 8.08. The number of hydrogen-bond donors (Lipinski definition) is 2. The van der Waals surface area contributed by atoms with Crippen molar-refractivity contribution in [2.75, 3.05) is 6.61 Å². The molecule has 0 unspecified atom stereocenters. The average Bonchev–Trinajstić information content (AvgIpc) is 3.11. The van der Waals surface area contributed by atoms with Crippen molar-refractivity contribution < 1.29 is 9.94 Å². The maximum Gasteiger partial charge on any atom is 0.199 e. The maximum atomic E-state index is 10.5. The Balaban J connectivity index is 1.89. The van der Waals surface area contributed by atoms with E-state index in [2.05, 4.69) is 26.1 Å². The Kier molecular flexibility index (Phi) is 4.05. The molecule has 2 aromatic carbocycles. The number of rotatable bonds is 4. The minimum absolute atomic E-state index is 0.0721. The van der Waals surface area contributed by atoms with Gasteiger partial charge in [0.25, 0.3) is 0 Å². The lowest BCUT2D eigenvalue weighted by Gasteiger charge is -2.04. The highest BCUT2D eigenvalue weighted by Gasteiger charge is 2.29. The largest absolute Gasteiger partial charge is 0.494 e. The van der Waals surface area contributed by atoms with E-state index >= 15 is 0 Å². The first-order chi connectivity index (χ1) is 12.2. The standard InChI is InChI=1S/C19H16BrN3O2/c1-2-9-25-23-17-13-5-3-4-6-14(13)21-18(17)16-12-8-7-11(20)10-15(12)22-19(16)24/h3-8,10,22,24H,2,9H2,1H3. The van der Waals surface area contributed by atoms with Crippen LogP contribution in [0.5, 0.6) is 5.88 Å². The summed E-state index contributed by atoms with van der Waals surface area (Å²) in [4.78, 5) is 13.1. The van der Waals surface area contributed by atoms with E-state index in [0.29, 0.717) is 23.6 Å². The highest BCUT2D eigenvalue weighted by Crippen LogP contribution is 2.36. The fraction of sp³-hybridized carbons (Fsp3) is 0.158. The highest BCUT2D eigenvalue weighted by molar-refractivity contribution is 9.10. The summed E-state index contributed by atoms with van der Waals surface area (Å²) >= 11 is 3.45. The Morgan fingerprint density at radius 3 is 2.92 bits per heavy atom. The first-order valence-corrected chi connectivity index (χ1v) is 8.87. The zero-order valence-corrected chi connectivity index (χ0v) is 15.2. The van der Waals surface area contributed by atoms with Crippen LogP contribution in [0.2, 0.25) is 0 Å². The van der Waals surface area contributed by atoms with Crippen molar-refractivity contribution >= 4 is 43.9 Å². The van der Waals surface area contributed by atoms with Crippen molar-refractivity contribution in [2.45, 2.75) is 13.3 Å². The summed E-state index contributed by atoms with van der Waals surface area (Å²) in [5.41, 5.74) is 4.44. The van der Waals surface area contributed by atoms with Crippen LogP contribution >= 0.6 is 15.9 Å². The smallest absolute Gasteiger partial charge is 0.199 e. The van der Waals surface area contributed by atoms with Gasteiger partial charge in [0.15, 0.2) is 5.88 Å². The molecule has 0 spiro atoms. The Bertz CT molecular complexity index is 1020. The Hall–Kier alpha value is -2.60. The predicted molar refractivity (Wildman–Crippen MR) is 103 cm³/mol. The minimum atomic E-state index is 0.0721. The SMILES string of the molecule is CCCON=C1C(c2c(O)[nH]c3cc(Br)ccc23)=Nc2ccccc21. The number of aromatic nitrogens is 1. The van der Waals surface area contributed by atoms with Gasteiger partial charge in [-0.2, -0.15) is 0 Å². The number of fused-ring (bicyclic) bond motifs is 2. The number of nitrogens with zero attached hydrogens (tertiary/aromatic N) is 2. The van der Waals surface area contributed by atoms with E-state index < -0.39 is 0 Å². The van der Waals surface area contributed by atoms with E-state index in [1.165, 1.54) is 0 Å². The number of aromatic hydroxyl groups is 1. The van der Waals surface area contributed by atoms with Crippen LogP contribution in [0, 0.1) is 0 Å². The molecule has 0 saturated heterocycles. The second kappa shape index (κ2) is 6.37. The van der Waals surface area contributed by atoms with Crippen LogP contribution in [0.4, 0.5) is 5.69 Å². The Morgan fingerprint density at radius 2 is 2.08 bits per heavy atom. The number of aliphatic imine (C=N–C) groups is 1. The fourth-order valence-corrected chi connectivity index (χ4v) is 3.30. The van der Waals surface area contributed by atoms with Crippen molar-refractivity contribution in [1.82, 2.24) is 4.98 Å². The molecule has 0 aliphatic carbocycles. The normalized spacial score (nSPS) is 14.8. The molecule has 1 aliphatic heterocycles. The number of H-pyrrole nitrogens is 1. The van der Waals surface area contributed by atoms with E-state index in [1.54, 1.807) is 0 Å². The second-order valence-corrected chi connectivity index (χ2v) is 6.70. The third-order valence-electron chi connectivity index (χ3n) is 4.04. The van der Waals surface area contributed by atoms with Crippen molar-refractivity contribution in [2.24, 2.45) is 10.1 Å². The van der Waals surface area contributed by atoms with E-state index in [4.69, 9.17) is 9.83 Å². The summed E-state index contributed by atoms with van der Waals surface area (Å²) in [7, 11) is 0. The number of oxime groups is 1. The molecule has 0 radical (unpaired) electrons. The van der Waals surface area contributed by atoms with Crippen LogP contribution in [0.25, 0.3) is 10.9 Å². The average molecular weight is 398 g/mol. The number of para-hydroxylation sites is 1. The molecular formula is C19H16BrN3O2. The maximum absolute atomic E-state index is 10.5. The topological polar surface area (TPSA) is 70.0 Å². The Morgan fingerprint density at radius 1 is 1.24 bits per heavy atom. The van der Waals surface area contributed by atoms with Gasteiger partial charge in [0.2, 0.25) is 0 Å². The summed E-state index contributed by atoms with van der Waals surface area (Å²) in [6, 6.07) is 13.6. The minimum Gasteiger partial charge on any atom is -0.494 e. The van der Waals surface area contributed by atoms with Gasteiger partial charge in [-0.05, 0) is 24.6 Å². The van der Waals surface area contributed by atoms with Crippen molar-refractivity contribution in [1.29, 1.82) is 0 Å². The van der Waals surface area contributed by atoms with Crippen LogP contribution in [-0.4, -0.2) is 28.1 Å². The lowest BCUT2D eigenvalue weighted by atomic mass is 10.0. The molecule has 2 heterocycles. The molecule has 0 fully saturated rings. The van der Waals surface area contributed by atoms with Crippen LogP contribution in [0.1, 0.15) is 24.5 Å². The number of halogens is 1. The van der Waals surface area contributed by atoms with E-state index in [0.717, 1.165) is 33.0 Å². The van der Waals surface area contributed by atoms with E-state index in [-0.39, 0.29) is 5.88 Å². The number of aromatic amines is 1. The molecule has 126 valence electrons. The van der Waals surface area contributed by atoms with Gasteiger partial charge in [-0.15, -0.1) is 0 Å². The quantitative estimate of drug-likeness (QED) is 0.485. The molecule has 0 amide bonds. The van der Waals surface area contributed by atoms with Gasteiger partial charge in [0.05, 0.1) is 16.8 Å². The molecule has 2 N–H and O–H groups in total. The second-order valence-electron chi connectivity index (χ2n) is 5.79. The molecule has 0 bridgehead atoms. The summed E-state index contributed by atoms with van der Waals surface area (Å²) in [6.07, 6.45) is 0.872. The fourth-order valence-electron chi connectivity index (χ4n) is 2.94. The molecule has 6 heteroatoms. The predicted octanol–water partition coefficient (Wildman–Crippen LogP) is 4.90. The van der Waals surface area contributed by atoms with Gasteiger partial charge >= 0.3 is 0 Å². The third kappa shape index (κ3) is 2.72. The van der Waals surface area contributed by atoms with Gasteiger partial charge in [-0.1, -0.05) is 52.3 Å². The van der Waals surface area contributed by atoms with Crippen LogP contribution in [0.3, 0.4) is 0 Å². The van der Waals surface area contributed by atoms with E-state index in [9.17, 15) is 5.11 Å². The molecule has 4 rings (SSSR count). The van der Waals surface area contributed by atoms with E-state index in [1.807, 2.05) is 49.4 Å². The molecule has 1 aliphatic rings. The summed E-state index contributed by atoms with van der Waals surface area (Å²) in [5, 5.41) is 15.7. The number of nitrogens with one attached hydrogen (secondary N) is 1. The van der Waals surface area contributed by atoms with Gasteiger partial charge < -0.3 is 14.9 Å². The highest BCUT2D eigenvalue weighted by atomic mass is 79.9. The molecule has 5 nitrogen and oxygen atoms in total. The van der Waals surface area contributed by atoms with Crippen molar-refractivity contribution in [3.8, 4) is 5.88 Å². The van der Waals surface area contributed by atoms with Crippen LogP contribution < -0.4 is 0 Å². The van der Waals surface area contributed by atoms with Crippen LogP contribution in [-0.2, 0) is 4.84 Å². The lowest BCUT2D eigenvalue weighted by Crippen LogP contribution is -2.13. The molecule has 0 atom stereocenters. The lowest BCUT2D eigenvalue weighted by molar-refractivity contribution is 0.146. The zero-order chi connectivity index (χ0) is 17.4. The first kappa shape index (κ1) is 15.9. The van der Waals surface area contributed by atoms with Gasteiger partial charge in [0, 0.05) is 15.4 Å². The zero-order valence-electron chi connectivity index (χ0n) is 13.6. The summed E-state index contributed by atoms with van der Waals surface area (Å²) in [6.45, 7) is 2.56. The van der Waals surface area contributed by atoms with Crippen molar-refractivity contribution in [3.05, 3.63) is 58.1 Å². The molecule has 1 aromatic heterocycles.